The van der Waals surface area contributed by atoms with Crippen LogP contribution in [0.3, 0.4) is 0 Å². The number of carbonyl (C=O) groups excluding carboxylic acids is 1. The van der Waals surface area contributed by atoms with E-state index in [-0.39, 0.29) is 34.3 Å². The molecule has 0 spiro atoms. The van der Waals surface area contributed by atoms with Gasteiger partial charge in [0.05, 0.1) is 23.9 Å². The SMILES string of the molecule is CCOc1c(C)cc([C@@](O)(CNC(=O)c2cc(OC(F)F)c3ncc(C)cc3c2)C2CC2)nc1-c1ccc(F)cc1Cl. The topological polar surface area (TPSA) is 93.6 Å². The van der Waals surface area contributed by atoms with Crippen LogP contribution in [0, 0.1) is 25.6 Å². The van der Waals surface area contributed by atoms with Crippen molar-refractivity contribution in [2.75, 3.05) is 13.2 Å². The Bertz CT molecular complexity index is 1660. The van der Waals surface area contributed by atoms with E-state index in [2.05, 4.69) is 15.0 Å². The summed E-state index contributed by atoms with van der Waals surface area (Å²) < 4.78 is 50.6. The van der Waals surface area contributed by atoms with Crippen molar-refractivity contribution in [1.29, 1.82) is 0 Å². The summed E-state index contributed by atoms with van der Waals surface area (Å²) in [6.07, 6.45) is 2.94. The molecular formula is C31H29ClF3N3O4. The number of nitrogens with zero attached hydrogens (tertiary/aromatic N) is 2. The number of halogens is 4. The Morgan fingerprint density at radius 3 is 2.62 bits per heavy atom. The zero-order valence-corrected chi connectivity index (χ0v) is 23.9. The lowest BCUT2D eigenvalue weighted by molar-refractivity contribution is -0.0489. The van der Waals surface area contributed by atoms with E-state index in [4.69, 9.17) is 21.3 Å². The van der Waals surface area contributed by atoms with E-state index in [1.807, 2.05) is 6.92 Å². The number of rotatable bonds is 10. The number of alkyl halides is 2. The van der Waals surface area contributed by atoms with Crippen LogP contribution >= 0.6 is 11.6 Å². The monoisotopic (exact) mass is 599 g/mol. The molecule has 2 heterocycles. The number of amides is 1. The predicted octanol–water partition coefficient (Wildman–Crippen LogP) is 6.73. The van der Waals surface area contributed by atoms with Crippen LogP contribution < -0.4 is 14.8 Å². The zero-order valence-electron chi connectivity index (χ0n) is 23.2. The molecule has 1 saturated carbocycles. The van der Waals surface area contributed by atoms with Crippen LogP contribution in [0.15, 0.2) is 48.7 Å². The van der Waals surface area contributed by atoms with Crippen molar-refractivity contribution in [1.82, 2.24) is 15.3 Å². The molecule has 5 rings (SSSR count). The lowest BCUT2D eigenvalue weighted by Crippen LogP contribution is -2.43. The molecule has 2 aromatic heterocycles. The largest absolute Gasteiger partial charge is 0.491 e. The van der Waals surface area contributed by atoms with Gasteiger partial charge in [-0.1, -0.05) is 11.6 Å². The number of aliphatic hydroxyl groups is 1. The highest BCUT2D eigenvalue weighted by atomic mass is 35.5. The number of benzene rings is 2. The lowest BCUT2D eigenvalue weighted by atomic mass is 9.90. The van der Waals surface area contributed by atoms with Crippen molar-refractivity contribution in [3.05, 3.63) is 81.9 Å². The Labute approximate surface area is 245 Å². The molecule has 220 valence electrons. The van der Waals surface area contributed by atoms with Gasteiger partial charge in [0, 0.05) is 22.7 Å². The second-order valence-corrected chi connectivity index (χ2v) is 10.8. The van der Waals surface area contributed by atoms with Gasteiger partial charge in [-0.15, -0.1) is 0 Å². The van der Waals surface area contributed by atoms with Gasteiger partial charge in [0.2, 0.25) is 0 Å². The van der Waals surface area contributed by atoms with E-state index in [9.17, 15) is 23.1 Å². The number of fused-ring (bicyclic) bond motifs is 1. The summed E-state index contributed by atoms with van der Waals surface area (Å²) in [5.41, 5.74) is 1.22. The normalized spacial score (nSPS) is 14.6. The molecule has 2 N–H and O–H groups in total. The van der Waals surface area contributed by atoms with Crippen molar-refractivity contribution in [3.63, 3.8) is 0 Å². The highest BCUT2D eigenvalue weighted by Crippen LogP contribution is 2.47. The number of carbonyl (C=O) groups is 1. The van der Waals surface area contributed by atoms with Crippen LogP contribution in [0.25, 0.3) is 22.2 Å². The van der Waals surface area contributed by atoms with Gasteiger partial charge in [-0.3, -0.25) is 9.78 Å². The average molecular weight is 600 g/mol. The standard InChI is InChI=1S/C31H29ClF3N3O4/c1-4-41-28-17(3)10-25(38-27(28)22-8-7-21(33)13-23(22)32)31(40,20-5-6-20)15-37-29(39)19-11-18-9-16(2)14-36-26(18)24(12-19)42-30(34)35/h7-14,20,30,40H,4-6,15H2,1-3H3,(H,37,39)/t31-/m1/s1. The Morgan fingerprint density at radius 1 is 1.19 bits per heavy atom. The summed E-state index contributed by atoms with van der Waals surface area (Å²) in [5, 5.41) is 15.3. The van der Waals surface area contributed by atoms with Gasteiger partial charge < -0.3 is 19.9 Å². The van der Waals surface area contributed by atoms with E-state index in [1.54, 1.807) is 26.0 Å². The summed E-state index contributed by atoms with van der Waals surface area (Å²) >= 11 is 6.38. The molecule has 42 heavy (non-hydrogen) atoms. The third-order valence-electron chi connectivity index (χ3n) is 7.21. The molecule has 7 nitrogen and oxygen atoms in total. The van der Waals surface area contributed by atoms with E-state index >= 15 is 0 Å². The second-order valence-electron chi connectivity index (χ2n) is 10.4. The van der Waals surface area contributed by atoms with Gasteiger partial charge in [-0.25, -0.2) is 9.37 Å². The molecule has 2 aromatic carbocycles. The van der Waals surface area contributed by atoms with Crippen LogP contribution in [0.4, 0.5) is 13.2 Å². The maximum Gasteiger partial charge on any atom is 0.387 e. The van der Waals surface area contributed by atoms with Crippen LogP contribution in [-0.2, 0) is 5.60 Å². The smallest absolute Gasteiger partial charge is 0.387 e. The van der Waals surface area contributed by atoms with Crippen molar-refractivity contribution in [2.24, 2.45) is 5.92 Å². The fourth-order valence-electron chi connectivity index (χ4n) is 5.04. The fourth-order valence-corrected chi connectivity index (χ4v) is 5.30. The molecule has 1 amide bonds. The van der Waals surface area contributed by atoms with Crippen LogP contribution in [0.2, 0.25) is 5.02 Å². The maximum absolute atomic E-state index is 13.8. The van der Waals surface area contributed by atoms with Crippen molar-refractivity contribution < 1.29 is 32.5 Å². The number of pyridine rings is 2. The Hall–Kier alpha value is -3.89. The summed E-state index contributed by atoms with van der Waals surface area (Å²) in [6.45, 7) is 2.45. The first-order chi connectivity index (χ1) is 20.0. The van der Waals surface area contributed by atoms with Crippen molar-refractivity contribution in [3.8, 4) is 22.8 Å². The van der Waals surface area contributed by atoms with Gasteiger partial charge in [0.1, 0.15) is 28.4 Å². The molecule has 1 fully saturated rings. The molecular weight excluding hydrogens is 571 g/mol. The number of hydrogen-bond donors (Lipinski definition) is 2. The summed E-state index contributed by atoms with van der Waals surface area (Å²) in [6, 6.07) is 10.1. The molecule has 11 heteroatoms. The van der Waals surface area contributed by atoms with Gasteiger partial charge in [0.15, 0.2) is 5.75 Å². The minimum absolute atomic E-state index is 0.0679. The number of aromatic nitrogens is 2. The molecule has 0 aliphatic heterocycles. The average Bonchev–Trinajstić information content (AvgIpc) is 3.78. The van der Waals surface area contributed by atoms with Crippen LogP contribution in [0.1, 0.15) is 46.9 Å². The molecule has 4 aromatic rings. The van der Waals surface area contributed by atoms with Crippen molar-refractivity contribution >= 4 is 28.4 Å². The van der Waals surface area contributed by atoms with E-state index in [1.165, 1.54) is 36.5 Å². The summed E-state index contributed by atoms with van der Waals surface area (Å²) in [4.78, 5) is 22.3. The first kappa shape index (κ1) is 29.6. The molecule has 0 saturated heterocycles. The number of ether oxygens (including phenoxy) is 2. The summed E-state index contributed by atoms with van der Waals surface area (Å²) in [7, 11) is 0. The fraction of sp³-hybridized carbons (Fsp3) is 0.323. The Morgan fingerprint density at radius 2 is 1.95 bits per heavy atom. The highest BCUT2D eigenvalue weighted by molar-refractivity contribution is 6.33. The molecule has 0 radical (unpaired) electrons. The van der Waals surface area contributed by atoms with E-state index in [0.717, 1.165) is 5.56 Å². The first-order valence-corrected chi connectivity index (χ1v) is 13.8. The summed E-state index contributed by atoms with van der Waals surface area (Å²) in [5.74, 6) is -1.08. The van der Waals surface area contributed by atoms with Gasteiger partial charge >= 0.3 is 6.61 Å². The third-order valence-corrected chi connectivity index (χ3v) is 7.52. The third kappa shape index (κ3) is 6.00. The molecule has 0 bridgehead atoms. The highest BCUT2D eigenvalue weighted by Gasteiger charge is 2.47. The predicted molar refractivity (Wildman–Crippen MR) is 153 cm³/mol. The minimum atomic E-state index is -3.10. The van der Waals surface area contributed by atoms with Crippen LogP contribution in [0.5, 0.6) is 11.5 Å². The second kappa shape index (κ2) is 11.8. The van der Waals surface area contributed by atoms with Crippen molar-refractivity contribution in [2.45, 2.75) is 45.8 Å². The van der Waals surface area contributed by atoms with E-state index < -0.39 is 23.9 Å². The molecule has 0 unspecified atom stereocenters. The number of hydrogen-bond acceptors (Lipinski definition) is 6. The van der Waals surface area contributed by atoms with Gasteiger partial charge in [-0.05, 0) is 93.1 Å². The van der Waals surface area contributed by atoms with Gasteiger partial charge in [-0.2, -0.15) is 8.78 Å². The van der Waals surface area contributed by atoms with E-state index in [0.29, 0.717) is 53.1 Å². The molecule has 1 atom stereocenters. The Kier molecular flexibility index (Phi) is 8.30. The Balaban J connectivity index is 1.50. The van der Waals surface area contributed by atoms with Gasteiger partial charge in [0.25, 0.3) is 5.91 Å². The zero-order chi connectivity index (χ0) is 30.2. The maximum atomic E-state index is 13.8. The number of aryl methyl sites for hydroxylation is 2. The first-order valence-electron chi connectivity index (χ1n) is 13.5. The lowest BCUT2D eigenvalue weighted by Gasteiger charge is -2.29. The quantitative estimate of drug-likeness (QED) is 0.210. The minimum Gasteiger partial charge on any atom is -0.491 e. The number of nitrogens with one attached hydrogen (secondary N) is 1. The van der Waals surface area contributed by atoms with Crippen LogP contribution in [-0.4, -0.2) is 40.7 Å². The molecule has 1 aliphatic carbocycles. The molecule has 1 aliphatic rings.